The molecule has 0 aliphatic rings. The van der Waals surface area contributed by atoms with Crippen molar-refractivity contribution in [3.8, 4) is 6.07 Å². The van der Waals surface area contributed by atoms with E-state index in [1.807, 2.05) is 6.07 Å². The van der Waals surface area contributed by atoms with Gasteiger partial charge in [0.1, 0.15) is 17.2 Å². The van der Waals surface area contributed by atoms with Gasteiger partial charge in [-0.2, -0.15) is 5.26 Å². The van der Waals surface area contributed by atoms with Crippen LogP contribution in [0.3, 0.4) is 0 Å². The van der Waals surface area contributed by atoms with E-state index in [9.17, 15) is 13.6 Å². The molecule has 0 saturated heterocycles. The van der Waals surface area contributed by atoms with Gasteiger partial charge in [0.05, 0.1) is 11.6 Å². The normalized spacial score (nSPS) is 9.90. The summed E-state index contributed by atoms with van der Waals surface area (Å²) >= 11 is 2.93. The highest BCUT2D eigenvalue weighted by Crippen LogP contribution is 2.21. The van der Waals surface area contributed by atoms with E-state index in [0.29, 0.717) is 5.56 Å². The number of benzene rings is 2. The van der Waals surface area contributed by atoms with Crippen LogP contribution in [0.4, 0.5) is 14.5 Å². The highest BCUT2D eigenvalue weighted by molar-refractivity contribution is 9.10. The van der Waals surface area contributed by atoms with Crippen molar-refractivity contribution in [2.24, 2.45) is 0 Å². The summed E-state index contributed by atoms with van der Waals surface area (Å²) in [4.78, 5) is 11.9. The minimum Gasteiger partial charge on any atom is -0.322 e. The predicted octanol–water partition coefficient (Wildman–Crippen LogP) is 3.85. The molecule has 0 bridgehead atoms. The summed E-state index contributed by atoms with van der Waals surface area (Å²) in [5.41, 5.74) is -0.0501. The van der Waals surface area contributed by atoms with E-state index in [1.54, 1.807) is 12.1 Å². The number of hydrogen-bond acceptors (Lipinski definition) is 2. The lowest BCUT2D eigenvalue weighted by atomic mass is 10.1. The van der Waals surface area contributed by atoms with Gasteiger partial charge in [-0.3, -0.25) is 4.79 Å². The SMILES string of the molecule is N#Cc1cccc(NC(=O)c2c(F)cc(Br)cc2F)c1. The average Bonchev–Trinajstić information content (AvgIpc) is 2.37. The standard InChI is InChI=1S/C14H7BrF2N2O/c15-9-5-11(16)13(12(17)6-9)14(20)19-10-3-1-2-8(4-10)7-18/h1-6H,(H,19,20). The summed E-state index contributed by atoms with van der Waals surface area (Å²) in [6, 6.07) is 9.95. The van der Waals surface area contributed by atoms with Gasteiger partial charge in [0.15, 0.2) is 0 Å². The van der Waals surface area contributed by atoms with Crippen molar-refractivity contribution in [2.75, 3.05) is 5.32 Å². The molecule has 0 aliphatic carbocycles. The molecule has 0 spiro atoms. The number of nitriles is 1. The van der Waals surface area contributed by atoms with E-state index >= 15 is 0 Å². The fourth-order valence-corrected chi connectivity index (χ4v) is 2.02. The third kappa shape index (κ3) is 3.00. The van der Waals surface area contributed by atoms with Crippen molar-refractivity contribution in [3.63, 3.8) is 0 Å². The molecular weight excluding hydrogens is 330 g/mol. The lowest BCUT2D eigenvalue weighted by Gasteiger charge is -2.07. The lowest BCUT2D eigenvalue weighted by Crippen LogP contribution is -2.16. The maximum atomic E-state index is 13.6. The maximum Gasteiger partial charge on any atom is 0.261 e. The van der Waals surface area contributed by atoms with Gasteiger partial charge in [-0.15, -0.1) is 0 Å². The smallest absolute Gasteiger partial charge is 0.261 e. The molecule has 3 nitrogen and oxygen atoms in total. The Bertz CT molecular complexity index is 702. The largest absolute Gasteiger partial charge is 0.322 e. The Kier molecular flexibility index (Phi) is 4.11. The topological polar surface area (TPSA) is 52.9 Å². The summed E-state index contributed by atoms with van der Waals surface area (Å²) < 4.78 is 27.5. The van der Waals surface area contributed by atoms with E-state index in [2.05, 4.69) is 21.2 Å². The zero-order valence-corrected chi connectivity index (χ0v) is 11.5. The Hall–Kier alpha value is -2.26. The number of carbonyl (C=O) groups is 1. The van der Waals surface area contributed by atoms with Gasteiger partial charge in [0.25, 0.3) is 5.91 Å². The quantitative estimate of drug-likeness (QED) is 0.905. The number of anilines is 1. The molecule has 2 aromatic rings. The minimum absolute atomic E-state index is 0.204. The van der Waals surface area contributed by atoms with Crippen molar-refractivity contribution in [1.82, 2.24) is 0 Å². The molecule has 0 aromatic heterocycles. The van der Waals surface area contributed by atoms with E-state index in [-0.39, 0.29) is 10.2 Å². The highest BCUT2D eigenvalue weighted by Gasteiger charge is 2.18. The summed E-state index contributed by atoms with van der Waals surface area (Å²) in [6.45, 7) is 0. The van der Waals surface area contributed by atoms with Crippen molar-refractivity contribution in [3.05, 3.63) is 63.6 Å². The molecule has 0 fully saturated rings. The van der Waals surface area contributed by atoms with E-state index in [4.69, 9.17) is 5.26 Å². The van der Waals surface area contributed by atoms with Crippen LogP contribution in [0.25, 0.3) is 0 Å². The van der Waals surface area contributed by atoms with Gasteiger partial charge < -0.3 is 5.32 Å². The average molecular weight is 337 g/mol. The molecule has 0 saturated carbocycles. The molecule has 2 rings (SSSR count). The zero-order chi connectivity index (χ0) is 14.7. The number of nitrogens with zero attached hydrogens (tertiary/aromatic N) is 1. The number of rotatable bonds is 2. The number of hydrogen-bond donors (Lipinski definition) is 1. The molecule has 0 radical (unpaired) electrons. The monoisotopic (exact) mass is 336 g/mol. The van der Waals surface area contributed by atoms with Crippen molar-refractivity contribution >= 4 is 27.5 Å². The van der Waals surface area contributed by atoms with Crippen LogP contribution in [0.1, 0.15) is 15.9 Å². The van der Waals surface area contributed by atoms with Crippen molar-refractivity contribution in [2.45, 2.75) is 0 Å². The third-order valence-electron chi connectivity index (χ3n) is 2.48. The summed E-state index contributed by atoms with van der Waals surface area (Å²) in [5.74, 6) is -2.85. The fourth-order valence-electron chi connectivity index (χ4n) is 1.62. The summed E-state index contributed by atoms with van der Waals surface area (Å²) in [6.07, 6.45) is 0. The fraction of sp³-hybridized carbons (Fsp3) is 0. The second-order valence-corrected chi connectivity index (χ2v) is 4.81. The van der Waals surface area contributed by atoms with Crippen LogP contribution < -0.4 is 5.32 Å². The zero-order valence-electron chi connectivity index (χ0n) is 9.95. The molecule has 0 aliphatic heterocycles. The second kappa shape index (κ2) is 5.80. The van der Waals surface area contributed by atoms with Gasteiger partial charge in [0, 0.05) is 10.2 Å². The van der Waals surface area contributed by atoms with Gasteiger partial charge >= 0.3 is 0 Å². The molecule has 1 N–H and O–H groups in total. The Morgan fingerprint density at radius 2 is 1.85 bits per heavy atom. The number of amides is 1. The van der Waals surface area contributed by atoms with Crippen LogP contribution in [0.2, 0.25) is 0 Å². The van der Waals surface area contributed by atoms with E-state index < -0.39 is 23.1 Å². The maximum absolute atomic E-state index is 13.6. The van der Waals surface area contributed by atoms with Crippen LogP contribution >= 0.6 is 15.9 Å². The number of carbonyl (C=O) groups excluding carboxylic acids is 1. The first-order valence-electron chi connectivity index (χ1n) is 5.47. The molecule has 2 aromatic carbocycles. The van der Waals surface area contributed by atoms with Crippen molar-refractivity contribution in [1.29, 1.82) is 5.26 Å². The first-order chi connectivity index (χ1) is 9.51. The Morgan fingerprint density at radius 1 is 1.20 bits per heavy atom. The lowest BCUT2D eigenvalue weighted by molar-refractivity contribution is 0.101. The first kappa shape index (κ1) is 14.2. The Balaban J connectivity index is 2.31. The first-order valence-corrected chi connectivity index (χ1v) is 6.26. The van der Waals surface area contributed by atoms with E-state index in [0.717, 1.165) is 12.1 Å². The summed E-state index contributed by atoms with van der Waals surface area (Å²) in [5, 5.41) is 11.1. The molecule has 20 heavy (non-hydrogen) atoms. The Labute approximate surface area is 122 Å². The van der Waals surface area contributed by atoms with Gasteiger partial charge in [-0.1, -0.05) is 22.0 Å². The highest BCUT2D eigenvalue weighted by atomic mass is 79.9. The predicted molar refractivity (Wildman–Crippen MR) is 73.2 cm³/mol. The summed E-state index contributed by atoms with van der Waals surface area (Å²) in [7, 11) is 0. The molecule has 0 unspecified atom stereocenters. The molecule has 0 atom stereocenters. The van der Waals surface area contributed by atoms with Gasteiger partial charge in [0.2, 0.25) is 0 Å². The van der Waals surface area contributed by atoms with Crippen LogP contribution in [0.15, 0.2) is 40.9 Å². The second-order valence-electron chi connectivity index (χ2n) is 3.89. The minimum atomic E-state index is -0.967. The third-order valence-corrected chi connectivity index (χ3v) is 2.94. The van der Waals surface area contributed by atoms with Crippen LogP contribution in [0, 0.1) is 23.0 Å². The van der Waals surface area contributed by atoms with Crippen LogP contribution in [-0.4, -0.2) is 5.91 Å². The van der Waals surface area contributed by atoms with Crippen LogP contribution in [0.5, 0.6) is 0 Å². The van der Waals surface area contributed by atoms with Gasteiger partial charge in [-0.05, 0) is 30.3 Å². The molecule has 1 amide bonds. The van der Waals surface area contributed by atoms with E-state index in [1.165, 1.54) is 12.1 Å². The molecule has 100 valence electrons. The number of nitrogens with one attached hydrogen (secondary N) is 1. The molecule has 0 heterocycles. The molecule has 6 heteroatoms. The molecular formula is C14H7BrF2N2O. The number of halogens is 3. The van der Waals surface area contributed by atoms with Gasteiger partial charge in [-0.25, -0.2) is 8.78 Å². The van der Waals surface area contributed by atoms with Crippen LogP contribution in [-0.2, 0) is 0 Å². The Morgan fingerprint density at radius 3 is 2.45 bits per heavy atom. The van der Waals surface area contributed by atoms with Crippen molar-refractivity contribution < 1.29 is 13.6 Å².